The second kappa shape index (κ2) is 5.51. The first-order valence-electron chi connectivity index (χ1n) is 6.37. The highest BCUT2D eigenvalue weighted by Gasteiger charge is 2.27. The van der Waals surface area contributed by atoms with Gasteiger partial charge in [-0.05, 0) is 37.1 Å². The van der Waals surface area contributed by atoms with Crippen LogP contribution in [0.4, 0.5) is 5.69 Å². The van der Waals surface area contributed by atoms with Gasteiger partial charge in [-0.3, -0.25) is 4.98 Å². The van der Waals surface area contributed by atoms with Crippen LogP contribution in [0.15, 0.2) is 40.9 Å². The van der Waals surface area contributed by atoms with E-state index in [0.717, 1.165) is 23.4 Å². The van der Waals surface area contributed by atoms with Crippen molar-refractivity contribution in [3.63, 3.8) is 0 Å². The molecular formula is C13H15N3O2S2. The first-order chi connectivity index (χ1) is 9.63. The predicted molar refractivity (Wildman–Crippen MR) is 79.2 cm³/mol. The van der Waals surface area contributed by atoms with Crippen molar-refractivity contribution in [1.82, 2.24) is 9.71 Å². The molecule has 1 aromatic heterocycles. The molecule has 0 amide bonds. The number of sulfonamides is 1. The predicted octanol–water partition coefficient (Wildman–Crippen LogP) is 2.20. The minimum absolute atomic E-state index is 0.129. The molecule has 1 aliphatic carbocycles. The van der Waals surface area contributed by atoms with Gasteiger partial charge >= 0.3 is 0 Å². The Kier molecular flexibility index (Phi) is 3.73. The van der Waals surface area contributed by atoms with E-state index in [1.165, 1.54) is 0 Å². The maximum atomic E-state index is 12.0. The smallest absolute Gasteiger partial charge is 0.240 e. The summed E-state index contributed by atoms with van der Waals surface area (Å²) in [4.78, 5) is 5.45. The number of benzene rings is 1. The van der Waals surface area contributed by atoms with E-state index in [1.807, 2.05) is 6.20 Å². The highest BCUT2D eigenvalue weighted by atomic mass is 32.2. The summed E-state index contributed by atoms with van der Waals surface area (Å²) in [6, 6.07) is 6.94. The first-order valence-corrected chi connectivity index (χ1v) is 8.73. The Morgan fingerprint density at radius 2 is 2.00 bits per heavy atom. The summed E-state index contributed by atoms with van der Waals surface area (Å²) >= 11 is 1.58. The number of hydrogen-bond donors (Lipinski definition) is 2. The van der Waals surface area contributed by atoms with E-state index in [0.29, 0.717) is 11.4 Å². The van der Waals surface area contributed by atoms with Crippen LogP contribution in [-0.2, 0) is 16.6 Å². The lowest BCUT2D eigenvalue weighted by Gasteiger charge is -2.08. The molecule has 1 heterocycles. The van der Waals surface area contributed by atoms with E-state index in [4.69, 9.17) is 0 Å². The van der Waals surface area contributed by atoms with Crippen molar-refractivity contribution < 1.29 is 8.42 Å². The fourth-order valence-electron chi connectivity index (χ4n) is 1.76. The van der Waals surface area contributed by atoms with Crippen LogP contribution in [0.2, 0.25) is 0 Å². The molecule has 7 heteroatoms. The summed E-state index contributed by atoms with van der Waals surface area (Å²) in [6.07, 6.45) is 3.69. The van der Waals surface area contributed by atoms with E-state index in [2.05, 4.69) is 15.0 Å². The fraction of sp³-hybridized carbons (Fsp3) is 0.308. The Labute approximate surface area is 122 Å². The number of anilines is 1. The lowest BCUT2D eigenvalue weighted by atomic mass is 10.3. The third kappa shape index (κ3) is 3.36. The maximum absolute atomic E-state index is 12.0. The van der Waals surface area contributed by atoms with Gasteiger partial charge in [-0.15, -0.1) is 11.3 Å². The van der Waals surface area contributed by atoms with Crippen LogP contribution < -0.4 is 10.0 Å². The summed E-state index contributed by atoms with van der Waals surface area (Å²) in [5, 5.41) is 3.23. The van der Waals surface area contributed by atoms with Crippen molar-refractivity contribution in [3.05, 3.63) is 40.8 Å². The Bertz CT molecular complexity index is 662. The van der Waals surface area contributed by atoms with Gasteiger partial charge in [-0.1, -0.05) is 0 Å². The standard InChI is InChI=1S/C13H15N3O2S2/c17-20(18,16-11-1-2-11)13-5-3-10(4-6-13)15-8-12-7-14-9-19-12/h3-7,9,11,15-16H,1-2,8H2. The first kappa shape index (κ1) is 13.5. The number of nitrogens with zero attached hydrogens (tertiary/aromatic N) is 1. The lowest BCUT2D eigenvalue weighted by Crippen LogP contribution is -2.25. The molecule has 0 spiro atoms. The minimum atomic E-state index is -3.36. The third-order valence-corrected chi connectivity index (χ3v) is 5.33. The monoisotopic (exact) mass is 309 g/mol. The summed E-state index contributed by atoms with van der Waals surface area (Å²) in [5.74, 6) is 0. The molecular weight excluding hydrogens is 294 g/mol. The van der Waals surface area contributed by atoms with Gasteiger partial charge in [0.2, 0.25) is 10.0 Å². The molecule has 0 atom stereocenters. The van der Waals surface area contributed by atoms with Crippen LogP contribution in [-0.4, -0.2) is 19.4 Å². The van der Waals surface area contributed by atoms with Gasteiger partial charge in [0, 0.05) is 22.8 Å². The van der Waals surface area contributed by atoms with Gasteiger partial charge in [0.05, 0.1) is 17.0 Å². The summed E-state index contributed by atoms with van der Waals surface area (Å²) in [5.41, 5.74) is 2.68. The quantitative estimate of drug-likeness (QED) is 0.858. The molecule has 1 fully saturated rings. The summed E-state index contributed by atoms with van der Waals surface area (Å²) < 4.78 is 26.7. The van der Waals surface area contributed by atoms with Gasteiger partial charge in [0.15, 0.2) is 0 Å². The van der Waals surface area contributed by atoms with Crippen LogP contribution in [0.3, 0.4) is 0 Å². The van der Waals surface area contributed by atoms with Gasteiger partial charge in [0.1, 0.15) is 0 Å². The molecule has 5 nitrogen and oxygen atoms in total. The van der Waals surface area contributed by atoms with Crippen LogP contribution in [0.5, 0.6) is 0 Å². The van der Waals surface area contributed by atoms with Crippen LogP contribution in [0, 0.1) is 0 Å². The average Bonchev–Trinajstić information content (AvgIpc) is 3.08. The Balaban J connectivity index is 1.64. The van der Waals surface area contributed by atoms with Crippen molar-refractivity contribution >= 4 is 27.0 Å². The number of aromatic nitrogens is 1. The zero-order chi connectivity index (χ0) is 14.0. The van der Waals surface area contributed by atoms with Gasteiger partial charge < -0.3 is 5.32 Å². The summed E-state index contributed by atoms with van der Waals surface area (Å²) in [6.45, 7) is 0.692. The van der Waals surface area contributed by atoms with E-state index in [1.54, 1.807) is 41.1 Å². The zero-order valence-electron chi connectivity index (χ0n) is 10.7. The molecule has 1 aromatic carbocycles. The molecule has 0 saturated heterocycles. The largest absolute Gasteiger partial charge is 0.380 e. The third-order valence-electron chi connectivity index (χ3n) is 3.01. The molecule has 1 aliphatic rings. The van der Waals surface area contributed by atoms with Crippen molar-refractivity contribution in [2.45, 2.75) is 30.3 Å². The maximum Gasteiger partial charge on any atom is 0.240 e. The normalized spacial score (nSPS) is 15.2. The van der Waals surface area contributed by atoms with Crippen molar-refractivity contribution in [2.75, 3.05) is 5.32 Å². The number of thiazole rings is 1. The molecule has 0 bridgehead atoms. The van der Waals surface area contributed by atoms with E-state index in [9.17, 15) is 8.42 Å². The molecule has 0 radical (unpaired) electrons. The van der Waals surface area contributed by atoms with E-state index >= 15 is 0 Å². The van der Waals surface area contributed by atoms with E-state index < -0.39 is 10.0 Å². The molecule has 2 aromatic rings. The molecule has 0 unspecified atom stereocenters. The Morgan fingerprint density at radius 3 is 2.60 bits per heavy atom. The SMILES string of the molecule is O=S(=O)(NC1CC1)c1ccc(NCc2cncs2)cc1. The Morgan fingerprint density at radius 1 is 1.25 bits per heavy atom. The Hall–Kier alpha value is -1.44. The molecule has 1 saturated carbocycles. The van der Waals surface area contributed by atoms with E-state index in [-0.39, 0.29) is 6.04 Å². The van der Waals surface area contributed by atoms with Crippen molar-refractivity contribution in [2.24, 2.45) is 0 Å². The van der Waals surface area contributed by atoms with Crippen molar-refractivity contribution in [3.8, 4) is 0 Å². The average molecular weight is 309 g/mol. The van der Waals surface area contributed by atoms with Crippen LogP contribution >= 0.6 is 11.3 Å². The number of hydrogen-bond acceptors (Lipinski definition) is 5. The van der Waals surface area contributed by atoms with Gasteiger partial charge in [0.25, 0.3) is 0 Å². The molecule has 20 heavy (non-hydrogen) atoms. The highest BCUT2D eigenvalue weighted by molar-refractivity contribution is 7.89. The van der Waals surface area contributed by atoms with Crippen LogP contribution in [0.25, 0.3) is 0 Å². The van der Waals surface area contributed by atoms with Gasteiger partial charge in [-0.25, -0.2) is 13.1 Å². The minimum Gasteiger partial charge on any atom is -0.380 e. The fourth-order valence-corrected chi connectivity index (χ4v) is 3.60. The lowest BCUT2D eigenvalue weighted by molar-refractivity contribution is 0.581. The topological polar surface area (TPSA) is 71.1 Å². The second-order valence-corrected chi connectivity index (χ2v) is 7.43. The zero-order valence-corrected chi connectivity index (χ0v) is 12.4. The molecule has 2 N–H and O–H groups in total. The second-order valence-electron chi connectivity index (χ2n) is 4.74. The summed E-state index contributed by atoms with van der Waals surface area (Å²) in [7, 11) is -3.36. The molecule has 3 rings (SSSR count). The number of rotatable bonds is 6. The number of nitrogens with one attached hydrogen (secondary N) is 2. The van der Waals surface area contributed by atoms with Crippen molar-refractivity contribution in [1.29, 1.82) is 0 Å². The molecule has 106 valence electrons. The van der Waals surface area contributed by atoms with Gasteiger partial charge in [-0.2, -0.15) is 0 Å². The van der Waals surface area contributed by atoms with Crippen LogP contribution in [0.1, 0.15) is 17.7 Å². The molecule has 0 aliphatic heterocycles. The highest BCUT2D eigenvalue weighted by Crippen LogP contribution is 2.23.